The van der Waals surface area contributed by atoms with Gasteiger partial charge in [0.2, 0.25) is 5.91 Å². The highest BCUT2D eigenvalue weighted by Crippen LogP contribution is 2.33. The molecular weight excluding hydrogens is 447 g/mol. The van der Waals surface area contributed by atoms with Crippen LogP contribution in [-0.4, -0.2) is 77.0 Å². The molecule has 8 nitrogen and oxygen atoms in total. The fourth-order valence-electron chi connectivity index (χ4n) is 5.15. The van der Waals surface area contributed by atoms with Gasteiger partial charge in [0.05, 0.1) is 17.6 Å². The molecule has 0 saturated carbocycles. The number of nitrogens with one attached hydrogen (secondary N) is 2. The van der Waals surface area contributed by atoms with E-state index in [1.807, 2.05) is 11.8 Å². The molecule has 0 atom stereocenters. The van der Waals surface area contributed by atoms with E-state index in [1.54, 1.807) is 12.1 Å². The molecule has 0 aliphatic carbocycles. The highest BCUT2D eigenvalue weighted by atomic mass is 19.1. The summed E-state index contributed by atoms with van der Waals surface area (Å²) in [7, 11) is 0. The first-order valence-electron chi connectivity index (χ1n) is 12.6. The fraction of sp³-hybridized carbons (Fsp3) is 0.538. The summed E-state index contributed by atoms with van der Waals surface area (Å²) in [4.78, 5) is 22.0. The van der Waals surface area contributed by atoms with Gasteiger partial charge >= 0.3 is 0 Å². The van der Waals surface area contributed by atoms with E-state index in [0.717, 1.165) is 56.3 Å². The molecule has 2 saturated heterocycles. The molecule has 0 spiro atoms. The van der Waals surface area contributed by atoms with Crippen molar-refractivity contribution in [2.75, 3.05) is 39.3 Å². The molecule has 0 unspecified atom stereocenters. The molecule has 188 valence electrons. The number of hydrogen-bond donors (Lipinski definition) is 2. The predicted octanol–water partition coefficient (Wildman–Crippen LogP) is 4.07. The number of fused-ring (bicyclic) bond motifs is 1. The van der Waals surface area contributed by atoms with Crippen LogP contribution in [0.4, 0.5) is 4.39 Å². The van der Waals surface area contributed by atoms with Gasteiger partial charge in [-0.25, -0.2) is 4.39 Å². The van der Waals surface area contributed by atoms with Crippen LogP contribution in [0.25, 0.3) is 11.0 Å². The second kappa shape index (κ2) is 11.6. The average Bonchev–Trinajstić information content (AvgIpc) is 3.24. The van der Waals surface area contributed by atoms with Crippen LogP contribution in [0.15, 0.2) is 29.8 Å². The van der Waals surface area contributed by atoms with Crippen molar-refractivity contribution in [3.8, 4) is 6.01 Å². The number of piperidine rings is 2. The molecule has 1 amide bonds. The number of allylic oxidation sites excluding steroid dienone is 1. The van der Waals surface area contributed by atoms with Crippen LogP contribution in [0.5, 0.6) is 6.01 Å². The molecule has 2 fully saturated rings. The van der Waals surface area contributed by atoms with Crippen LogP contribution in [0.1, 0.15) is 45.1 Å². The Hall–Kier alpha value is -3.07. The number of ether oxygens (including phenoxy) is 1. The van der Waals surface area contributed by atoms with Gasteiger partial charge in [0.1, 0.15) is 5.82 Å². The highest BCUT2D eigenvalue weighted by Gasteiger charge is 2.32. The number of halogens is 1. The first kappa shape index (κ1) is 25.0. The second-order valence-electron chi connectivity index (χ2n) is 9.41. The molecule has 2 N–H and O–H groups in total. The van der Waals surface area contributed by atoms with Crippen molar-refractivity contribution >= 4 is 29.4 Å². The molecule has 35 heavy (non-hydrogen) atoms. The summed E-state index contributed by atoms with van der Waals surface area (Å²) in [6, 6.07) is 5.36. The zero-order chi connectivity index (χ0) is 24.8. The number of amides is 1. The number of likely N-dealkylation sites (tertiary alicyclic amines) is 2. The largest absolute Gasteiger partial charge is 0.465 e. The van der Waals surface area contributed by atoms with E-state index >= 15 is 0 Å². The summed E-state index contributed by atoms with van der Waals surface area (Å²) < 4.78 is 21.8. The van der Waals surface area contributed by atoms with Crippen molar-refractivity contribution in [1.82, 2.24) is 19.4 Å². The Bertz CT molecular complexity index is 1080. The minimum absolute atomic E-state index is 0.0402. The van der Waals surface area contributed by atoms with E-state index in [2.05, 4.69) is 14.5 Å². The Kier molecular flexibility index (Phi) is 8.28. The zero-order valence-electron chi connectivity index (χ0n) is 20.4. The van der Waals surface area contributed by atoms with Crippen molar-refractivity contribution in [3.63, 3.8) is 0 Å². The van der Waals surface area contributed by atoms with E-state index in [9.17, 15) is 9.18 Å². The molecule has 0 radical (unpaired) electrons. The number of carbonyl (C=O) groups is 1. The van der Waals surface area contributed by atoms with Crippen molar-refractivity contribution in [2.24, 2.45) is 5.92 Å². The van der Waals surface area contributed by atoms with Gasteiger partial charge in [0, 0.05) is 50.1 Å². The van der Waals surface area contributed by atoms with Crippen molar-refractivity contribution in [2.45, 2.75) is 45.1 Å². The number of imidazole rings is 1. The van der Waals surface area contributed by atoms with Gasteiger partial charge in [0.15, 0.2) is 0 Å². The third-order valence-corrected chi connectivity index (χ3v) is 7.02. The molecule has 9 heteroatoms. The van der Waals surface area contributed by atoms with E-state index < -0.39 is 0 Å². The summed E-state index contributed by atoms with van der Waals surface area (Å²) in [5.74, 6) is -0.0284. The fourth-order valence-corrected chi connectivity index (χ4v) is 5.15. The number of hydrogen-bond acceptors (Lipinski definition) is 6. The summed E-state index contributed by atoms with van der Waals surface area (Å²) in [6.45, 7) is 6.28. The SMILES string of the molecule is CCCOc1nc2cc(F)ccc2n1C1CCN(C(=O)C2CCN(C/C(C=N)=C/C=N)CC2)CC1. The van der Waals surface area contributed by atoms with E-state index in [1.165, 1.54) is 24.6 Å². The maximum atomic E-state index is 13.8. The van der Waals surface area contributed by atoms with E-state index in [4.69, 9.17) is 15.6 Å². The number of benzene rings is 1. The van der Waals surface area contributed by atoms with Crippen LogP contribution in [-0.2, 0) is 4.79 Å². The third kappa shape index (κ3) is 5.78. The standard InChI is InChI=1S/C26H35FN6O2/c1-2-15-35-26-30-23-16-21(27)3-4-24(23)33(26)22-8-13-32(14-9-22)25(34)20-6-11-31(12-7-20)18-19(17-29)5-10-28/h3-5,10,16-17,20,22,28-29H,2,6-9,11-15,18H2,1H3/b19-5+,28-10?,29-17?. The average molecular weight is 483 g/mol. The van der Waals surface area contributed by atoms with Gasteiger partial charge in [-0.15, -0.1) is 0 Å². The first-order valence-corrected chi connectivity index (χ1v) is 12.6. The van der Waals surface area contributed by atoms with E-state index in [0.29, 0.717) is 37.8 Å². The molecule has 0 bridgehead atoms. The molecule has 2 aliphatic rings. The number of aromatic nitrogens is 2. The Morgan fingerprint density at radius 1 is 1.17 bits per heavy atom. The van der Waals surface area contributed by atoms with Gasteiger partial charge in [-0.2, -0.15) is 4.98 Å². The lowest BCUT2D eigenvalue weighted by atomic mass is 9.93. The second-order valence-corrected chi connectivity index (χ2v) is 9.41. The molecule has 2 aromatic rings. The maximum absolute atomic E-state index is 13.8. The van der Waals surface area contributed by atoms with Gasteiger partial charge in [-0.05, 0) is 69.0 Å². The molecule has 1 aromatic carbocycles. The molecule has 2 aliphatic heterocycles. The van der Waals surface area contributed by atoms with Gasteiger partial charge < -0.3 is 20.5 Å². The number of nitrogens with zero attached hydrogens (tertiary/aromatic N) is 4. The first-order chi connectivity index (χ1) is 17.0. The molecular formula is C26H35FN6O2. The lowest BCUT2D eigenvalue weighted by Crippen LogP contribution is -2.46. The van der Waals surface area contributed by atoms with Crippen LogP contribution in [0.3, 0.4) is 0 Å². The monoisotopic (exact) mass is 482 g/mol. The van der Waals surface area contributed by atoms with Crippen molar-refractivity contribution in [3.05, 3.63) is 35.7 Å². The number of rotatable bonds is 9. The normalized spacial score (nSPS) is 18.7. The highest BCUT2D eigenvalue weighted by molar-refractivity contribution is 5.84. The summed E-state index contributed by atoms with van der Waals surface area (Å²) >= 11 is 0. The minimum Gasteiger partial charge on any atom is -0.465 e. The Labute approximate surface area is 205 Å². The summed E-state index contributed by atoms with van der Waals surface area (Å²) in [5.41, 5.74) is 2.28. The smallest absolute Gasteiger partial charge is 0.297 e. The topological polar surface area (TPSA) is 98.3 Å². The third-order valence-electron chi connectivity index (χ3n) is 7.02. The number of carbonyl (C=O) groups excluding carboxylic acids is 1. The predicted molar refractivity (Wildman–Crippen MR) is 135 cm³/mol. The van der Waals surface area contributed by atoms with E-state index in [-0.39, 0.29) is 23.7 Å². The molecule has 4 rings (SSSR count). The van der Waals surface area contributed by atoms with Gasteiger partial charge in [-0.3, -0.25) is 14.3 Å². The Balaban J connectivity index is 1.36. The van der Waals surface area contributed by atoms with Crippen molar-refractivity contribution in [1.29, 1.82) is 10.8 Å². The lowest BCUT2D eigenvalue weighted by Gasteiger charge is -2.38. The zero-order valence-corrected chi connectivity index (χ0v) is 20.4. The van der Waals surface area contributed by atoms with Crippen LogP contribution < -0.4 is 4.74 Å². The Morgan fingerprint density at radius 3 is 2.57 bits per heavy atom. The van der Waals surface area contributed by atoms with Crippen LogP contribution in [0.2, 0.25) is 0 Å². The minimum atomic E-state index is -0.310. The van der Waals surface area contributed by atoms with Crippen LogP contribution >= 0.6 is 0 Å². The molecule has 1 aromatic heterocycles. The quantitative estimate of drug-likeness (QED) is 0.527. The Morgan fingerprint density at radius 2 is 1.91 bits per heavy atom. The summed E-state index contributed by atoms with van der Waals surface area (Å²) in [5, 5.41) is 14.7. The van der Waals surface area contributed by atoms with Gasteiger partial charge in [-0.1, -0.05) is 6.92 Å². The maximum Gasteiger partial charge on any atom is 0.297 e. The van der Waals surface area contributed by atoms with Crippen LogP contribution in [0, 0.1) is 22.6 Å². The lowest BCUT2D eigenvalue weighted by molar-refractivity contribution is -0.138. The molecule has 3 heterocycles. The van der Waals surface area contributed by atoms with Crippen molar-refractivity contribution < 1.29 is 13.9 Å². The van der Waals surface area contributed by atoms with Gasteiger partial charge in [0.25, 0.3) is 6.01 Å². The summed E-state index contributed by atoms with van der Waals surface area (Å²) in [6.07, 6.45) is 8.29.